The SMILES string of the molecule is CCC(C)NC(=O)CN1CCN(C(=O)CC2CC3CCC2C3)CC1. The van der Waals surface area contributed by atoms with Crippen molar-refractivity contribution < 1.29 is 9.59 Å². The second-order valence-electron chi connectivity index (χ2n) is 8.17. The zero-order valence-electron chi connectivity index (χ0n) is 15.3. The van der Waals surface area contributed by atoms with Crippen molar-refractivity contribution >= 4 is 11.8 Å². The molecule has 3 aliphatic rings. The number of nitrogens with zero attached hydrogens (tertiary/aromatic N) is 2. The lowest BCUT2D eigenvalue weighted by Crippen LogP contribution is -2.52. The maximum Gasteiger partial charge on any atom is 0.234 e. The van der Waals surface area contributed by atoms with E-state index in [4.69, 9.17) is 0 Å². The van der Waals surface area contributed by atoms with Crippen LogP contribution in [0.15, 0.2) is 0 Å². The monoisotopic (exact) mass is 335 g/mol. The highest BCUT2D eigenvalue weighted by Gasteiger charge is 2.40. The summed E-state index contributed by atoms with van der Waals surface area (Å²) in [7, 11) is 0. The van der Waals surface area contributed by atoms with E-state index in [1.165, 1.54) is 25.7 Å². The lowest BCUT2D eigenvalue weighted by molar-refractivity contribution is -0.134. The molecule has 0 radical (unpaired) electrons. The number of rotatable bonds is 6. The quantitative estimate of drug-likeness (QED) is 0.806. The van der Waals surface area contributed by atoms with Crippen LogP contribution in [0, 0.1) is 17.8 Å². The molecule has 4 atom stereocenters. The van der Waals surface area contributed by atoms with E-state index in [2.05, 4.69) is 17.1 Å². The first-order chi connectivity index (χ1) is 11.5. The van der Waals surface area contributed by atoms with E-state index in [0.717, 1.165) is 50.9 Å². The molecule has 4 unspecified atom stereocenters. The molecule has 1 aliphatic heterocycles. The van der Waals surface area contributed by atoms with Crippen LogP contribution in [-0.2, 0) is 9.59 Å². The predicted octanol–water partition coefficient (Wildman–Crippen LogP) is 1.87. The van der Waals surface area contributed by atoms with Crippen LogP contribution in [0.3, 0.4) is 0 Å². The largest absolute Gasteiger partial charge is 0.353 e. The number of fused-ring (bicyclic) bond motifs is 2. The molecule has 24 heavy (non-hydrogen) atoms. The van der Waals surface area contributed by atoms with Crippen LogP contribution in [0.4, 0.5) is 0 Å². The normalized spacial score (nSPS) is 31.2. The number of carbonyl (C=O) groups is 2. The molecule has 0 aromatic carbocycles. The average Bonchev–Trinajstić information content (AvgIpc) is 3.18. The van der Waals surface area contributed by atoms with Gasteiger partial charge in [0.1, 0.15) is 0 Å². The molecule has 1 heterocycles. The third-order valence-corrected chi connectivity index (χ3v) is 6.43. The second-order valence-corrected chi connectivity index (χ2v) is 8.17. The minimum absolute atomic E-state index is 0.103. The van der Waals surface area contributed by atoms with Gasteiger partial charge in [0.25, 0.3) is 0 Å². The molecule has 3 fully saturated rings. The molecule has 2 bridgehead atoms. The van der Waals surface area contributed by atoms with Gasteiger partial charge in [-0.05, 0) is 50.4 Å². The van der Waals surface area contributed by atoms with Crippen LogP contribution in [-0.4, -0.2) is 60.4 Å². The van der Waals surface area contributed by atoms with Gasteiger partial charge >= 0.3 is 0 Å². The van der Waals surface area contributed by atoms with E-state index < -0.39 is 0 Å². The zero-order chi connectivity index (χ0) is 17.1. The topological polar surface area (TPSA) is 52.7 Å². The lowest BCUT2D eigenvalue weighted by atomic mass is 9.86. The predicted molar refractivity (Wildman–Crippen MR) is 94.5 cm³/mol. The van der Waals surface area contributed by atoms with Crippen molar-refractivity contribution in [3.05, 3.63) is 0 Å². The summed E-state index contributed by atoms with van der Waals surface area (Å²) in [5.74, 6) is 2.83. The summed E-state index contributed by atoms with van der Waals surface area (Å²) in [6.07, 6.45) is 7.12. The van der Waals surface area contributed by atoms with Gasteiger partial charge in [-0.3, -0.25) is 14.5 Å². The summed E-state index contributed by atoms with van der Waals surface area (Å²) < 4.78 is 0. The van der Waals surface area contributed by atoms with Gasteiger partial charge < -0.3 is 10.2 Å². The van der Waals surface area contributed by atoms with Gasteiger partial charge in [0.05, 0.1) is 6.54 Å². The summed E-state index contributed by atoms with van der Waals surface area (Å²) in [4.78, 5) is 28.7. The van der Waals surface area contributed by atoms with Gasteiger partial charge in [-0.25, -0.2) is 0 Å². The second kappa shape index (κ2) is 7.85. The van der Waals surface area contributed by atoms with Crippen LogP contribution in [0.25, 0.3) is 0 Å². The Morgan fingerprint density at radius 3 is 2.46 bits per heavy atom. The molecule has 1 N–H and O–H groups in total. The first-order valence-corrected chi connectivity index (χ1v) is 9.84. The van der Waals surface area contributed by atoms with Crippen LogP contribution < -0.4 is 5.32 Å². The minimum atomic E-state index is 0.103. The Labute approximate surface area is 146 Å². The van der Waals surface area contributed by atoms with Gasteiger partial charge in [-0.15, -0.1) is 0 Å². The van der Waals surface area contributed by atoms with Crippen molar-refractivity contribution in [2.45, 2.75) is 58.4 Å². The molecule has 0 aromatic rings. The number of amides is 2. The summed E-state index contributed by atoms with van der Waals surface area (Å²) in [6.45, 7) is 7.74. The summed E-state index contributed by atoms with van der Waals surface area (Å²) in [5, 5.41) is 3.01. The first kappa shape index (κ1) is 17.7. The maximum atomic E-state index is 12.6. The molecule has 136 valence electrons. The van der Waals surface area contributed by atoms with Crippen molar-refractivity contribution in [3.8, 4) is 0 Å². The molecule has 0 spiro atoms. The van der Waals surface area contributed by atoms with Crippen LogP contribution in [0.5, 0.6) is 0 Å². The molecule has 1 saturated heterocycles. The van der Waals surface area contributed by atoms with Gasteiger partial charge in [0.2, 0.25) is 11.8 Å². The smallest absolute Gasteiger partial charge is 0.234 e. The summed E-state index contributed by atoms with van der Waals surface area (Å²) in [6, 6.07) is 0.238. The van der Waals surface area contributed by atoms with E-state index in [1.807, 2.05) is 11.8 Å². The van der Waals surface area contributed by atoms with Crippen LogP contribution in [0.1, 0.15) is 52.4 Å². The highest BCUT2D eigenvalue weighted by molar-refractivity contribution is 5.78. The van der Waals surface area contributed by atoms with Crippen LogP contribution >= 0.6 is 0 Å². The fraction of sp³-hybridized carbons (Fsp3) is 0.895. The molecule has 5 heteroatoms. The number of carbonyl (C=O) groups excluding carboxylic acids is 2. The van der Waals surface area contributed by atoms with E-state index in [-0.39, 0.29) is 11.9 Å². The maximum absolute atomic E-state index is 12.6. The Bertz CT molecular complexity index is 460. The highest BCUT2D eigenvalue weighted by Crippen LogP contribution is 2.49. The fourth-order valence-corrected chi connectivity index (χ4v) is 4.76. The lowest BCUT2D eigenvalue weighted by Gasteiger charge is -2.35. The highest BCUT2D eigenvalue weighted by atomic mass is 16.2. The van der Waals surface area contributed by atoms with Gasteiger partial charge in [0, 0.05) is 38.6 Å². The van der Waals surface area contributed by atoms with Crippen molar-refractivity contribution in [3.63, 3.8) is 0 Å². The molecular weight excluding hydrogens is 302 g/mol. The Kier molecular flexibility index (Phi) is 5.80. The van der Waals surface area contributed by atoms with Crippen molar-refractivity contribution in [2.24, 2.45) is 17.8 Å². The number of piperazine rings is 1. The van der Waals surface area contributed by atoms with Crippen molar-refractivity contribution in [1.29, 1.82) is 0 Å². The minimum Gasteiger partial charge on any atom is -0.353 e. The van der Waals surface area contributed by atoms with E-state index in [0.29, 0.717) is 18.4 Å². The van der Waals surface area contributed by atoms with E-state index in [1.54, 1.807) is 0 Å². The van der Waals surface area contributed by atoms with E-state index in [9.17, 15) is 9.59 Å². The molecule has 0 aromatic heterocycles. The van der Waals surface area contributed by atoms with Crippen molar-refractivity contribution in [1.82, 2.24) is 15.1 Å². The Morgan fingerprint density at radius 2 is 1.88 bits per heavy atom. The van der Waals surface area contributed by atoms with Crippen molar-refractivity contribution in [2.75, 3.05) is 32.7 Å². The Hall–Kier alpha value is -1.10. The molecule has 5 nitrogen and oxygen atoms in total. The Balaban J connectivity index is 1.37. The molecule has 2 saturated carbocycles. The van der Waals surface area contributed by atoms with Gasteiger partial charge in [-0.2, -0.15) is 0 Å². The zero-order valence-corrected chi connectivity index (χ0v) is 15.3. The first-order valence-electron chi connectivity index (χ1n) is 9.84. The third-order valence-electron chi connectivity index (χ3n) is 6.43. The number of hydrogen-bond donors (Lipinski definition) is 1. The number of nitrogens with one attached hydrogen (secondary N) is 1. The van der Waals surface area contributed by atoms with E-state index >= 15 is 0 Å². The number of hydrogen-bond acceptors (Lipinski definition) is 3. The summed E-state index contributed by atoms with van der Waals surface area (Å²) >= 11 is 0. The Morgan fingerprint density at radius 1 is 1.12 bits per heavy atom. The molecule has 2 aliphatic carbocycles. The third kappa shape index (κ3) is 4.29. The summed E-state index contributed by atoms with van der Waals surface area (Å²) in [5.41, 5.74) is 0. The van der Waals surface area contributed by atoms with Gasteiger partial charge in [0.15, 0.2) is 0 Å². The molecule has 2 amide bonds. The average molecular weight is 335 g/mol. The molecular formula is C19H33N3O2. The van der Waals surface area contributed by atoms with Crippen LogP contribution in [0.2, 0.25) is 0 Å². The molecule has 3 rings (SSSR count). The fourth-order valence-electron chi connectivity index (χ4n) is 4.76. The standard InChI is InChI=1S/C19H33N3O2/c1-3-14(2)20-18(23)13-21-6-8-22(9-7-21)19(24)12-17-11-15-4-5-16(17)10-15/h14-17H,3-13H2,1-2H3,(H,20,23). The van der Waals surface area contributed by atoms with Gasteiger partial charge in [-0.1, -0.05) is 13.3 Å².